The van der Waals surface area contributed by atoms with E-state index in [4.69, 9.17) is 10.5 Å². The normalized spacial score (nSPS) is 16.6. The van der Waals surface area contributed by atoms with Crippen LogP contribution in [0.3, 0.4) is 0 Å². The zero-order chi connectivity index (χ0) is 21.1. The molecule has 3 rings (SSSR count). The van der Waals surface area contributed by atoms with E-state index in [1.54, 1.807) is 11.0 Å². The molecule has 8 heteroatoms. The van der Waals surface area contributed by atoms with E-state index in [1.807, 2.05) is 6.07 Å². The van der Waals surface area contributed by atoms with Crippen molar-refractivity contribution in [1.82, 2.24) is 0 Å². The number of nitrogens with zero attached hydrogens (tertiary/aromatic N) is 1. The number of halogens is 1. The van der Waals surface area contributed by atoms with Gasteiger partial charge in [0.05, 0.1) is 11.4 Å². The van der Waals surface area contributed by atoms with Gasteiger partial charge >= 0.3 is 0 Å². The van der Waals surface area contributed by atoms with Gasteiger partial charge in [-0.05, 0) is 72.7 Å². The molecule has 1 aliphatic heterocycles. The third-order valence-electron chi connectivity index (χ3n) is 5.21. The first-order valence-electron chi connectivity index (χ1n) is 9.87. The Bertz CT molecular complexity index is 879. The highest BCUT2D eigenvalue weighted by Crippen LogP contribution is 2.38. The van der Waals surface area contributed by atoms with Crippen LogP contribution < -0.4 is 20.7 Å². The molecule has 0 saturated heterocycles. The molecular weight excluding hydrogens is 485 g/mol. The average Bonchev–Trinajstić information content (AvgIpc) is 2.68. The fourth-order valence-electron chi connectivity index (χ4n) is 3.58. The number of rotatable bonds is 6. The summed E-state index contributed by atoms with van der Waals surface area (Å²) in [6, 6.07) is 3.60. The van der Waals surface area contributed by atoms with E-state index >= 15 is 0 Å². The second-order valence-corrected chi connectivity index (χ2v) is 8.96. The number of nitrogens with one attached hydrogen (secondary N) is 1. The zero-order valence-electron chi connectivity index (χ0n) is 16.7. The fraction of sp³-hybridized carbons (Fsp3) is 0.476. The summed E-state index contributed by atoms with van der Waals surface area (Å²) >= 11 is 2.13. The quantitative estimate of drug-likeness (QED) is 0.572. The summed E-state index contributed by atoms with van der Waals surface area (Å²) in [5, 5.41) is 2.91. The standard InChI is InChI=1S/C21H26IN3O4/c1-12(2)7-8-25-17-10-16(15(22)9-18(17)29-11-19(25)26)24-21(28)14-6-4-3-5-13(14)20(23)27/h9-10,12H,3-8,11H2,1-2H3,(H2,23,27)(H,24,28). The Morgan fingerprint density at radius 3 is 2.59 bits per heavy atom. The molecule has 0 spiro atoms. The molecule has 0 bridgehead atoms. The molecule has 2 aliphatic rings. The molecule has 1 heterocycles. The molecule has 1 aliphatic carbocycles. The predicted octanol–water partition coefficient (Wildman–Crippen LogP) is 3.36. The number of amides is 3. The summed E-state index contributed by atoms with van der Waals surface area (Å²) in [4.78, 5) is 38.7. The summed E-state index contributed by atoms with van der Waals surface area (Å²) in [5.41, 5.74) is 7.58. The molecule has 0 radical (unpaired) electrons. The molecule has 0 atom stereocenters. The van der Waals surface area contributed by atoms with Crippen molar-refractivity contribution in [3.05, 3.63) is 26.8 Å². The predicted molar refractivity (Wildman–Crippen MR) is 120 cm³/mol. The number of hydrogen-bond acceptors (Lipinski definition) is 4. The van der Waals surface area contributed by atoms with E-state index in [1.165, 1.54) is 0 Å². The van der Waals surface area contributed by atoms with Crippen LogP contribution in [0.4, 0.5) is 11.4 Å². The van der Waals surface area contributed by atoms with Gasteiger partial charge in [0.1, 0.15) is 5.75 Å². The number of nitrogens with two attached hydrogens (primary N) is 1. The highest BCUT2D eigenvalue weighted by Gasteiger charge is 2.28. The first kappa shape index (κ1) is 21.6. The largest absolute Gasteiger partial charge is 0.482 e. The number of fused-ring (bicyclic) bond motifs is 1. The Balaban J connectivity index is 1.90. The van der Waals surface area contributed by atoms with Gasteiger partial charge in [0.2, 0.25) is 5.91 Å². The minimum atomic E-state index is -0.533. The summed E-state index contributed by atoms with van der Waals surface area (Å²) in [6.45, 7) is 4.83. The molecule has 3 amide bonds. The number of benzene rings is 1. The molecule has 0 aromatic heterocycles. The fourth-order valence-corrected chi connectivity index (χ4v) is 4.15. The van der Waals surface area contributed by atoms with Crippen molar-refractivity contribution in [3.8, 4) is 5.75 Å². The van der Waals surface area contributed by atoms with Gasteiger partial charge in [-0.15, -0.1) is 0 Å². The van der Waals surface area contributed by atoms with Crippen molar-refractivity contribution in [1.29, 1.82) is 0 Å². The minimum absolute atomic E-state index is 0.0156. The third kappa shape index (κ3) is 4.91. The molecule has 0 saturated carbocycles. The van der Waals surface area contributed by atoms with E-state index < -0.39 is 5.91 Å². The van der Waals surface area contributed by atoms with Crippen molar-refractivity contribution >= 4 is 51.7 Å². The van der Waals surface area contributed by atoms with Crippen molar-refractivity contribution in [2.75, 3.05) is 23.4 Å². The maximum atomic E-state index is 12.9. The number of hydrogen-bond donors (Lipinski definition) is 2. The van der Waals surface area contributed by atoms with Crippen molar-refractivity contribution in [3.63, 3.8) is 0 Å². The number of primary amides is 1. The highest BCUT2D eigenvalue weighted by atomic mass is 127. The molecule has 3 N–H and O–H groups in total. The Morgan fingerprint density at radius 1 is 1.24 bits per heavy atom. The summed E-state index contributed by atoms with van der Waals surface area (Å²) in [5.74, 6) is 0.151. The van der Waals surface area contributed by atoms with Crippen LogP contribution in [-0.4, -0.2) is 30.9 Å². The first-order valence-corrected chi connectivity index (χ1v) is 11.0. The average molecular weight is 511 g/mol. The van der Waals surface area contributed by atoms with Gasteiger partial charge in [-0.3, -0.25) is 14.4 Å². The Morgan fingerprint density at radius 2 is 1.93 bits per heavy atom. The third-order valence-corrected chi connectivity index (χ3v) is 6.10. The highest BCUT2D eigenvalue weighted by molar-refractivity contribution is 14.1. The van der Waals surface area contributed by atoms with Gasteiger partial charge in [-0.25, -0.2) is 0 Å². The lowest BCUT2D eigenvalue weighted by Crippen LogP contribution is -2.40. The van der Waals surface area contributed by atoms with Gasteiger partial charge in [-0.1, -0.05) is 13.8 Å². The van der Waals surface area contributed by atoms with Crippen LogP contribution in [0.5, 0.6) is 5.75 Å². The van der Waals surface area contributed by atoms with Crippen LogP contribution in [-0.2, 0) is 14.4 Å². The summed E-state index contributed by atoms with van der Waals surface area (Å²) in [6.07, 6.45) is 3.65. The lowest BCUT2D eigenvalue weighted by molar-refractivity contribution is -0.121. The maximum Gasteiger partial charge on any atom is 0.265 e. The number of carbonyl (C=O) groups is 3. The Hall–Kier alpha value is -2.10. The molecule has 0 fully saturated rings. The minimum Gasteiger partial charge on any atom is -0.482 e. The van der Waals surface area contributed by atoms with Gasteiger partial charge < -0.3 is 20.7 Å². The van der Waals surface area contributed by atoms with Crippen LogP contribution >= 0.6 is 22.6 Å². The van der Waals surface area contributed by atoms with E-state index in [-0.39, 0.29) is 18.4 Å². The molecule has 0 unspecified atom stereocenters. The van der Waals surface area contributed by atoms with Gasteiger partial charge in [0, 0.05) is 21.3 Å². The lowest BCUT2D eigenvalue weighted by Gasteiger charge is -2.31. The maximum absolute atomic E-state index is 12.9. The topological polar surface area (TPSA) is 102 Å². The van der Waals surface area contributed by atoms with Gasteiger partial charge in [0.15, 0.2) is 6.61 Å². The molecule has 1 aromatic rings. The van der Waals surface area contributed by atoms with Crippen molar-refractivity contribution in [2.24, 2.45) is 11.7 Å². The number of ether oxygens (including phenoxy) is 1. The molecule has 1 aromatic carbocycles. The van der Waals surface area contributed by atoms with Crippen LogP contribution in [0.25, 0.3) is 0 Å². The van der Waals surface area contributed by atoms with Crippen LogP contribution in [0, 0.1) is 9.49 Å². The van der Waals surface area contributed by atoms with E-state index in [2.05, 4.69) is 41.8 Å². The SMILES string of the molecule is CC(C)CCN1C(=O)COc2cc(I)c(NC(=O)C3=C(C(N)=O)CCCC3)cc21. The smallest absolute Gasteiger partial charge is 0.265 e. The lowest BCUT2D eigenvalue weighted by atomic mass is 9.90. The Labute approximate surface area is 184 Å². The summed E-state index contributed by atoms with van der Waals surface area (Å²) < 4.78 is 6.40. The van der Waals surface area contributed by atoms with Crippen LogP contribution in [0.2, 0.25) is 0 Å². The van der Waals surface area contributed by atoms with E-state index in [0.717, 1.165) is 22.8 Å². The van der Waals surface area contributed by atoms with E-state index in [9.17, 15) is 14.4 Å². The Kier molecular flexibility index (Phi) is 6.81. The number of anilines is 2. The number of carbonyl (C=O) groups excluding carboxylic acids is 3. The second kappa shape index (κ2) is 9.15. The van der Waals surface area contributed by atoms with Crippen molar-refractivity contribution < 1.29 is 19.1 Å². The van der Waals surface area contributed by atoms with Crippen LogP contribution in [0.15, 0.2) is 23.3 Å². The van der Waals surface area contributed by atoms with Crippen molar-refractivity contribution in [2.45, 2.75) is 46.0 Å². The first-order chi connectivity index (χ1) is 13.8. The second-order valence-electron chi connectivity index (χ2n) is 7.80. The van der Waals surface area contributed by atoms with Crippen LogP contribution in [0.1, 0.15) is 46.0 Å². The monoisotopic (exact) mass is 511 g/mol. The molecular formula is C21H26IN3O4. The van der Waals surface area contributed by atoms with Gasteiger partial charge in [-0.2, -0.15) is 0 Å². The molecule has 7 nitrogen and oxygen atoms in total. The van der Waals surface area contributed by atoms with Gasteiger partial charge in [0.25, 0.3) is 11.8 Å². The van der Waals surface area contributed by atoms with E-state index in [0.29, 0.717) is 53.6 Å². The zero-order valence-corrected chi connectivity index (χ0v) is 18.9. The molecule has 29 heavy (non-hydrogen) atoms. The summed E-state index contributed by atoms with van der Waals surface area (Å²) in [7, 11) is 0. The molecule has 156 valence electrons.